The average Bonchev–Trinajstić information content (AvgIpc) is 2.71. The van der Waals surface area contributed by atoms with E-state index in [-0.39, 0.29) is 17.3 Å². The van der Waals surface area contributed by atoms with Crippen LogP contribution in [0.25, 0.3) is 0 Å². The van der Waals surface area contributed by atoms with E-state index in [9.17, 15) is 9.59 Å². The van der Waals surface area contributed by atoms with Crippen LogP contribution in [-0.4, -0.2) is 40.5 Å². The van der Waals surface area contributed by atoms with Crippen molar-refractivity contribution in [2.45, 2.75) is 52.6 Å². The Kier molecular flexibility index (Phi) is 3.69. The Morgan fingerprint density at radius 1 is 1.30 bits per heavy atom. The van der Waals surface area contributed by atoms with Crippen molar-refractivity contribution in [2.75, 3.05) is 13.1 Å². The second-order valence-electron chi connectivity index (χ2n) is 7.76. The summed E-state index contributed by atoms with van der Waals surface area (Å²) in [7, 11) is 0. The molecular formula is C18H24N2O3. The van der Waals surface area contributed by atoms with Gasteiger partial charge in [-0.3, -0.25) is 9.78 Å². The van der Waals surface area contributed by atoms with Crippen LogP contribution in [0, 0.1) is 12.3 Å². The standard InChI is InChI=1S/C18H24N2O3/c1-12-9-13-14(19-11-12)10-18(15(13)21)5-7-20(8-6-18)16(22)23-17(2,3)4/h9,11H,5-8,10H2,1-4H3. The minimum Gasteiger partial charge on any atom is -0.444 e. The molecule has 1 aromatic rings. The van der Waals surface area contributed by atoms with Gasteiger partial charge in [-0.15, -0.1) is 0 Å². The number of fused-ring (bicyclic) bond motifs is 1. The van der Waals surface area contributed by atoms with E-state index in [1.54, 1.807) is 4.90 Å². The monoisotopic (exact) mass is 316 g/mol. The third-order valence-corrected chi connectivity index (χ3v) is 4.71. The lowest BCUT2D eigenvalue weighted by atomic mass is 9.75. The molecule has 124 valence electrons. The van der Waals surface area contributed by atoms with Gasteiger partial charge in [0.2, 0.25) is 0 Å². The highest BCUT2D eigenvalue weighted by molar-refractivity contribution is 6.04. The molecule has 0 N–H and O–H groups in total. The van der Waals surface area contributed by atoms with Crippen LogP contribution in [0.15, 0.2) is 12.3 Å². The number of piperidine rings is 1. The molecule has 0 saturated carbocycles. The van der Waals surface area contributed by atoms with Gasteiger partial charge in [-0.1, -0.05) is 0 Å². The van der Waals surface area contributed by atoms with E-state index >= 15 is 0 Å². The van der Waals surface area contributed by atoms with E-state index in [0.717, 1.165) is 16.8 Å². The zero-order valence-corrected chi connectivity index (χ0v) is 14.3. The number of ketones is 1. The number of pyridine rings is 1. The Balaban J connectivity index is 1.70. The number of ether oxygens (including phenoxy) is 1. The molecule has 1 spiro atoms. The molecule has 3 rings (SSSR count). The SMILES string of the molecule is Cc1cnc2c(c1)C(=O)C1(CCN(C(=O)OC(C)(C)C)CC1)C2. The van der Waals surface area contributed by atoms with Crippen LogP contribution >= 0.6 is 0 Å². The van der Waals surface area contributed by atoms with Gasteiger partial charge in [-0.2, -0.15) is 0 Å². The van der Waals surface area contributed by atoms with Gasteiger partial charge >= 0.3 is 6.09 Å². The van der Waals surface area contributed by atoms with E-state index in [0.29, 0.717) is 32.4 Å². The van der Waals surface area contributed by atoms with Gasteiger partial charge in [0.1, 0.15) is 5.60 Å². The molecule has 1 aromatic heterocycles. The van der Waals surface area contributed by atoms with Crippen molar-refractivity contribution in [2.24, 2.45) is 5.41 Å². The van der Waals surface area contributed by atoms with E-state index in [2.05, 4.69) is 4.98 Å². The van der Waals surface area contributed by atoms with Crippen molar-refractivity contribution in [3.8, 4) is 0 Å². The summed E-state index contributed by atoms with van der Waals surface area (Å²) in [4.78, 5) is 31.2. The smallest absolute Gasteiger partial charge is 0.410 e. The predicted octanol–water partition coefficient (Wildman–Crippen LogP) is 3.15. The Morgan fingerprint density at radius 2 is 1.96 bits per heavy atom. The maximum atomic E-state index is 12.9. The maximum Gasteiger partial charge on any atom is 0.410 e. The topological polar surface area (TPSA) is 59.5 Å². The molecule has 0 radical (unpaired) electrons. The van der Waals surface area contributed by atoms with Crippen molar-refractivity contribution < 1.29 is 14.3 Å². The highest BCUT2D eigenvalue weighted by Gasteiger charge is 2.48. The van der Waals surface area contributed by atoms with Crippen molar-refractivity contribution in [3.05, 3.63) is 29.1 Å². The second-order valence-corrected chi connectivity index (χ2v) is 7.76. The number of rotatable bonds is 0. The summed E-state index contributed by atoms with van der Waals surface area (Å²) < 4.78 is 5.42. The van der Waals surface area contributed by atoms with Crippen LogP contribution in [-0.2, 0) is 11.2 Å². The number of hydrogen-bond acceptors (Lipinski definition) is 4. The Labute approximate surface area is 137 Å². The number of Topliss-reactive ketones (excluding diaryl/α,β-unsaturated/α-hetero) is 1. The maximum absolute atomic E-state index is 12.9. The molecule has 5 heteroatoms. The van der Waals surface area contributed by atoms with Crippen LogP contribution in [0.4, 0.5) is 4.79 Å². The van der Waals surface area contributed by atoms with Gasteiger partial charge in [0.25, 0.3) is 0 Å². The van der Waals surface area contributed by atoms with Crippen LogP contribution in [0.2, 0.25) is 0 Å². The summed E-state index contributed by atoms with van der Waals surface area (Å²) in [6.07, 6.45) is 3.59. The predicted molar refractivity (Wildman–Crippen MR) is 86.5 cm³/mol. The Hall–Kier alpha value is -1.91. The molecule has 0 atom stereocenters. The number of hydrogen-bond donors (Lipinski definition) is 0. The van der Waals surface area contributed by atoms with Gasteiger partial charge in [0, 0.05) is 36.7 Å². The third-order valence-electron chi connectivity index (χ3n) is 4.71. The van der Waals surface area contributed by atoms with E-state index in [4.69, 9.17) is 4.74 Å². The summed E-state index contributed by atoms with van der Waals surface area (Å²) in [5.41, 5.74) is 1.83. The molecule has 1 aliphatic heterocycles. The molecule has 0 unspecified atom stereocenters. The fourth-order valence-corrected chi connectivity index (χ4v) is 3.47. The number of aryl methyl sites for hydroxylation is 1. The quantitative estimate of drug-likeness (QED) is 0.738. The molecule has 2 aliphatic rings. The van der Waals surface area contributed by atoms with Crippen molar-refractivity contribution in [1.82, 2.24) is 9.88 Å². The normalized spacial score (nSPS) is 19.8. The second kappa shape index (κ2) is 5.32. The first-order valence-corrected chi connectivity index (χ1v) is 8.18. The number of nitrogens with zero attached hydrogens (tertiary/aromatic N) is 2. The number of carbonyl (C=O) groups excluding carboxylic acids is 2. The van der Waals surface area contributed by atoms with Gasteiger partial charge in [-0.25, -0.2) is 4.79 Å². The molecule has 1 fully saturated rings. The summed E-state index contributed by atoms with van der Waals surface area (Å²) >= 11 is 0. The number of carbonyl (C=O) groups is 2. The first-order chi connectivity index (χ1) is 10.7. The number of likely N-dealkylation sites (tertiary alicyclic amines) is 1. The van der Waals surface area contributed by atoms with Crippen molar-refractivity contribution in [3.63, 3.8) is 0 Å². The van der Waals surface area contributed by atoms with E-state index < -0.39 is 5.60 Å². The highest BCUT2D eigenvalue weighted by Crippen LogP contribution is 2.44. The molecule has 1 amide bonds. The van der Waals surface area contributed by atoms with Crippen molar-refractivity contribution >= 4 is 11.9 Å². The number of aromatic nitrogens is 1. The number of amides is 1. The lowest BCUT2D eigenvalue weighted by Crippen LogP contribution is -2.47. The zero-order valence-electron chi connectivity index (χ0n) is 14.3. The fourth-order valence-electron chi connectivity index (χ4n) is 3.47. The minimum absolute atomic E-state index is 0.201. The molecule has 0 aromatic carbocycles. The third kappa shape index (κ3) is 2.96. The molecule has 1 saturated heterocycles. The molecule has 1 aliphatic carbocycles. The first-order valence-electron chi connectivity index (χ1n) is 8.18. The van der Waals surface area contributed by atoms with Gasteiger partial charge in [-0.05, 0) is 52.2 Å². The summed E-state index contributed by atoms with van der Waals surface area (Å²) in [5.74, 6) is 0.201. The Bertz CT molecular complexity index is 653. The fraction of sp³-hybridized carbons (Fsp3) is 0.611. The Morgan fingerprint density at radius 3 is 2.57 bits per heavy atom. The molecular weight excluding hydrogens is 292 g/mol. The minimum atomic E-state index is -0.493. The lowest BCUT2D eigenvalue weighted by molar-refractivity contribution is 0.0113. The van der Waals surface area contributed by atoms with Gasteiger partial charge in [0.15, 0.2) is 5.78 Å². The average molecular weight is 316 g/mol. The van der Waals surface area contributed by atoms with Crippen LogP contribution in [0.5, 0.6) is 0 Å². The largest absolute Gasteiger partial charge is 0.444 e. The highest BCUT2D eigenvalue weighted by atomic mass is 16.6. The zero-order chi connectivity index (χ0) is 16.8. The molecule has 2 heterocycles. The first kappa shape index (κ1) is 16.0. The van der Waals surface area contributed by atoms with Crippen LogP contribution in [0.1, 0.15) is 55.2 Å². The van der Waals surface area contributed by atoms with Crippen LogP contribution < -0.4 is 0 Å². The summed E-state index contributed by atoms with van der Waals surface area (Å²) in [6, 6.07) is 1.94. The summed E-state index contributed by atoms with van der Waals surface area (Å²) in [6.45, 7) is 8.67. The van der Waals surface area contributed by atoms with Gasteiger partial charge < -0.3 is 9.64 Å². The van der Waals surface area contributed by atoms with Crippen molar-refractivity contribution in [1.29, 1.82) is 0 Å². The van der Waals surface area contributed by atoms with Crippen LogP contribution in [0.3, 0.4) is 0 Å². The molecule has 23 heavy (non-hydrogen) atoms. The van der Waals surface area contributed by atoms with E-state index in [1.807, 2.05) is 40.0 Å². The summed E-state index contributed by atoms with van der Waals surface area (Å²) in [5, 5.41) is 0. The van der Waals surface area contributed by atoms with E-state index in [1.165, 1.54) is 0 Å². The molecule has 0 bridgehead atoms. The van der Waals surface area contributed by atoms with Gasteiger partial charge in [0.05, 0.1) is 5.69 Å². The molecule has 5 nitrogen and oxygen atoms in total. The lowest BCUT2D eigenvalue weighted by Gasteiger charge is -2.38.